The lowest BCUT2D eigenvalue weighted by molar-refractivity contribution is -0.137. The SMILES string of the molecule is [C-]#[N+]c1cc(C(F)(F)F)ccc1-c1cc(N2c3c(C)c(C)c(C)c(C)c3Cc3c(C)c(C)c(C)c(C)c32)c(C#N)cc1N1c2c(C)c(C)c(C)c(C)c2Cc2c(C)c(C)c(C)c(C)c21. The Morgan fingerprint density at radius 2 is 0.812 bits per heavy atom. The monoisotopic (exact) mass is 854 g/mol. The lowest BCUT2D eigenvalue weighted by Crippen LogP contribution is -2.26. The Bertz CT molecular complexity index is 3050. The first kappa shape index (κ1) is 44.3. The maximum absolute atomic E-state index is 14.4. The number of hydrogen-bond donors (Lipinski definition) is 0. The summed E-state index contributed by atoms with van der Waals surface area (Å²) < 4.78 is 43.3. The standard InChI is InChI=1S/C57H57F3N4/c1-26-30(5)38(13)53-45(34(26)9)22-46-35(10)27(2)31(6)39(14)54(46)63(53)51-24-49(44-19-18-43(57(58,59)60)21-50(44)62-17)52(20-42(51)25-61)64-55-40(15)32(7)28(3)36(11)47(55)23-48-37(12)29(4)33(8)41(16)56(48)64/h18-21,24H,22-23H2,1-16H3. The van der Waals surface area contributed by atoms with Crippen molar-refractivity contribution in [2.75, 3.05) is 9.80 Å². The molecule has 0 amide bonds. The van der Waals surface area contributed by atoms with E-state index in [0.29, 0.717) is 34.5 Å². The van der Waals surface area contributed by atoms with Gasteiger partial charge in [0.05, 0.1) is 46.3 Å². The summed E-state index contributed by atoms with van der Waals surface area (Å²) in [6, 6.07) is 10.1. The molecule has 0 saturated carbocycles. The van der Waals surface area contributed by atoms with Crippen molar-refractivity contribution in [3.8, 4) is 17.2 Å². The molecule has 6 aromatic carbocycles. The van der Waals surface area contributed by atoms with Crippen molar-refractivity contribution in [1.29, 1.82) is 5.26 Å². The Hall–Kier alpha value is -6.31. The molecule has 64 heavy (non-hydrogen) atoms. The molecular formula is C57H57F3N4. The first-order chi connectivity index (χ1) is 30.0. The molecule has 0 aliphatic carbocycles. The van der Waals surface area contributed by atoms with Crippen LogP contribution in [0, 0.1) is 129 Å². The lowest BCUT2D eigenvalue weighted by Gasteiger charge is -2.42. The number of halogens is 3. The van der Waals surface area contributed by atoms with Gasteiger partial charge in [-0.25, -0.2) is 4.85 Å². The molecule has 2 heterocycles. The van der Waals surface area contributed by atoms with E-state index in [4.69, 9.17) is 6.57 Å². The van der Waals surface area contributed by atoms with Crippen LogP contribution in [0.25, 0.3) is 16.0 Å². The summed E-state index contributed by atoms with van der Waals surface area (Å²) in [6.45, 7) is 43.0. The molecule has 4 nitrogen and oxygen atoms in total. The van der Waals surface area contributed by atoms with Gasteiger partial charge in [0, 0.05) is 18.4 Å². The molecule has 0 fully saturated rings. The maximum atomic E-state index is 14.4. The van der Waals surface area contributed by atoms with Crippen LogP contribution in [0.5, 0.6) is 0 Å². The van der Waals surface area contributed by atoms with Crippen LogP contribution in [0.15, 0.2) is 30.3 Å². The summed E-state index contributed by atoms with van der Waals surface area (Å²) in [7, 11) is 0. The van der Waals surface area contributed by atoms with Crippen molar-refractivity contribution in [2.24, 2.45) is 0 Å². The van der Waals surface area contributed by atoms with E-state index in [1.807, 2.05) is 12.1 Å². The zero-order valence-electron chi connectivity index (χ0n) is 40.2. The summed E-state index contributed by atoms with van der Waals surface area (Å²) in [5.41, 5.74) is 29.2. The highest BCUT2D eigenvalue weighted by atomic mass is 19.4. The topological polar surface area (TPSA) is 34.6 Å². The van der Waals surface area contributed by atoms with E-state index in [1.54, 1.807) is 0 Å². The first-order valence-corrected chi connectivity index (χ1v) is 22.1. The Labute approximate surface area is 377 Å². The Balaban J connectivity index is 1.61. The van der Waals surface area contributed by atoms with Gasteiger partial charge >= 0.3 is 6.18 Å². The van der Waals surface area contributed by atoms with Crippen molar-refractivity contribution in [3.05, 3.63) is 164 Å². The largest absolute Gasteiger partial charge is 0.415 e. The van der Waals surface area contributed by atoms with Crippen LogP contribution in [-0.4, -0.2) is 0 Å². The highest BCUT2D eigenvalue weighted by Gasteiger charge is 2.38. The van der Waals surface area contributed by atoms with Crippen LogP contribution in [0.4, 0.5) is 53.0 Å². The molecule has 0 atom stereocenters. The van der Waals surface area contributed by atoms with E-state index >= 15 is 0 Å². The molecule has 2 aliphatic rings. The third kappa shape index (κ3) is 6.14. The Morgan fingerprint density at radius 1 is 0.469 bits per heavy atom. The van der Waals surface area contributed by atoms with Gasteiger partial charge in [-0.3, -0.25) is 0 Å². The smallest absolute Gasteiger partial charge is 0.309 e. The second kappa shape index (κ2) is 15.2. The fraction of sp³-hybridized carbons (Fsp3) is 0.333. The molecule has 0 N–H and O–H groups in total. The molecule has 2 aliphatic heterocycles. The molecule has 0 radical (unpaired) electrons. The molecule has 0 bridgehead atoms. The van der Waals surface area contributed by atoms with Gasteiger partial charge in [-0.2, -0.15) is 18.4 Å². The highest BCUT2D eigenvalue weighted by Crippen LogP contribution is 2.58. The van der Waals surface area contributed by atoms with Gasteiger partial charge in [-0.15, -0.1) is 0 Å². The van der Waals surface area contributed by atoms with Crippen molar-refractivity contribution >= 4 is 39.8 Å². The van der Waals surface area contributed by atoms with Crippen molar-refractivity contribution < 1.29 is 13.2 Å². The number of rotatable bonds is 3. The molecule has 6 aromatic rings. The predicted molar refractivity (Wildman–Crippen MR) is 259 cm³/mol. The second-order valence-corrected chi connectivity index (χ2v) is 18.7. The third-order valence-electron chi connectivity index (χ3n) is 16.2. The van der Waals surface area contributed by atoms with Crippen LogP contribution in [0.1, 0.15) is 122 Å². The van der Waals surface area contributed by atoms with E-state index < -0.39 is 11.7 Å². The normalized spacial score (nSPS) is 13.0. The van der Waals surface area contributed by atoms with Crippen LogP contribution >= 0.6 is 0 Å². The van der Waals surface area contributed by atoms with Crippen LogP contribution in [0.3, 0.4) is 0 Å². The minimum Gasteiger partial charge on any atom is -0.309 e. The molecule has 7 heteroatoms. The van der Waals surface area contributed by atoms with Gasteiger partial charge in [0.1, 0.15) is 6.07 Å². The molecular weight excluding hydrogens is 798 g/mol. The molecule has 326 valence electrons. The number of benzene rings is 6. The Kier molecular flexibility index (Phi) is 10.5. The zero-order valence-corrected chi connectivity index (χ0v) is 40.2. The number of nitriles is 1. The van der Waals surface area contributed by atoms with Gasteiger partial charge in [-0.05, 0) is 251 Å². The zero-order chi connectivity index (χ0) is 46.9. The molecule has 0 aromatic heterocycles. The fourth-order valence-electron chi connectivity index (χ4n) is 10.9. The number of alkyl halides is 3. The molecule has 0 spiro atoms. The molecule has 0 saturated heterocycles. The maximum Gasteiger partial charge on any atom is 0.415 e. The number of fused-ring (bicyclic) bond motifs is 4. The van der Waals surface area contributed by atoms with E-state index in [0.717, 1.165) is 74.7 Å². The van der Waals surface area contributed by atoms with Crippen molar-refractivity contribution in [3.63, 3.8) is 0 Å². The average Bonchev–Trinajstić information content (AvgIpc) is 3.28. The summed E-state index contributed by atoms with van der Waals surface area (Å²) in [5.74, 6) is 0. The summed E-state index contributed by atoms with van der Waals surface area (Å²) in [6.07, 6.45) is -3.20. The van der Waals surface area contributed by atoms with E-state index in [9.17, 15) is 18.4 Å². The second-order valence-electron chi connectivity index (χ2n) is 18.7. The van der Waals surface area contributed by atoms with Gasteiger partial charge in [0.25, 0.3) is 0 Å². The van der Waals surface area contributed by atoms with E-state index in [-0.39, 0.29) is 5.69 Å². The third-order valence-corrected chi connectivity index (χ3v) is 16.2. The van der Waals surface area contributed by atoms with E-state index in [1.165, 1.54) is 84.0 Å². The van der Waals surface area contributed by atoms with Gasteiger partial charge < -0.3 is 9.80 Å². The van der Waals surface area contributed by atoms with Crippen LogP contribution in [-0.2, 0) is 19.0 Å². The van der Waals surface area contributed by atoms with Crippen LogP contribution in [0.2, 0.25) is 0 Å². The van der Waals surface area contributed by atoms with Gasteiger partial charge in [0.15, 0.2) is 5.69 Å². The van der Waals surface area contributed by atoms with Gasteiger partial charge in [-0.1, -0.05) is 12.1 Å². The number of hydrogen-bond acceptors (Lipinski definition) is 3. The van der Waals surface area contributed by atoms with Crippen molar-refractivity contribution in [1.82, 2.24) is 0 Å². The summed E-state index contributed by atoms with van der Waals surface area (Å²) in [5, 5.41) is 11.6. The summed E-state index contributed by atoms with van der Waals surface area (Å²) >= 11 is 0. The van der Waals surface area contributed by atoms with Gasteiger partial charge in [0.2, 0.25) is 0 Å². The van der Waals surface area contributed by atoms with Crippen molar-refractivity contribution in [2.45, 2.75) is 130 Å². The Morgan fingerprint density at radius 3 is 1.14 bits per heavy atom. The number of nitrogens with zero attached hydrogens (tertiary/aromatic N) is 4. The average molecular weight is 855 g/mol. The minimum atomic E-state index is -4.65. The quantitative estimate of drug-likeness (QED) is 0.166. The fourth-order valence-corrected chi connectivity index (χ4v) is 10.9. The lowest BCUT2D eigenvalue weighted by atomic mass is 9.79. The molecule has 0 unspecified atom stereocenters. The summed E-state index contributed by atoms with van der Waals surface area (Å²) in [4.78, 5) is 8.37. The minimum absolute atomic E-state index is 0.110. The van der Waals surface area contributed by atoms with E-state index in [2.05, 4.69) is 131 Å². The highest BCUT2D eigenvalue weighted by molar-refractivity contribution is 6.01. The number of anilines is 6. The van der Waals surface area contributed by atoms with Crippen LogP contribution < -0.4 is 9.80 Å². The molecule has 8 rings (SSSR count). The first-order valence-electron chi connectivity index (χ1n) is 22.1. The predicted octanol–water partition coefficient (Wildman–Crippen LogP) is 16.5.